The van der Waals surface area contributed by atoms with Crippen LogP contribution in [0, 0.1) is 5.92 Å². The van der Waals surface area contributed by atoms with E-state index >= 15 is 0 Å². The van der Waals surface area contributed by atoms with Crippen LogP contribution in [0.1, 0.15) is 70.8 Å². The van der Waals surface area contributed by atoms with Crippen molar-refractivity contribution in [1.82, 2.24) is 4.90 Å². The van der Waals surface area contributed by atoms with Gasteiger partial charge in [0.1, 0.15) is 5.75 Å². The second-order valence-electron chi connectivity index (χ2n) is 8.27. The third-order valence-corrected chi connectivity index (χ3v) is 5.89. The van der Waals surface area contributed by atoms with Crippen LogP contribution in [-0.4, -0.2) is 49.3 Å². The topological polar surface area (TPSA) is 59.0 Å². The van der Waals surface area contributed by atoms with Gasteiger partial charge in [0.15, 0.2) is 0 Å². The summed E-state index contributed by atoms with van der Waals surface area (Å²) in [5.74, 6) is 0.890. The molecule has 0 heterocycles. The highest BCUT2D eigenvalue weighted by Gasteiger charge is 2.40. The first-order chi connectivity index (χ1) is 14.0. The molecular weight excluding hydrogens is 366 g/mol. The van der Waals surface area contributed by atoms with Crippen molar-refractivity contribution in [3.8, 4) is 5.75 Å². The quantitative estimate of drug-likeness (QED) is 0.409. The van der Waals surface area contributed by atoms with E-state index < -0.39 is 5.60 Å². The Balaban J connectivity index is 1.98. The normalized spacial score (nSPS) is 21.9. The maximum atomic E-state index is 11.7. The highest BCUT2D eigenvalue weighted by molar-refractivity contribution is 5.69. The summed E-state index contributed by atoms with van der Waals surface area (Å²) < 4.78 is 10.9. The van der Waals surface area contributed by atoms with E-state index in [1.165, 1.54) is 0 Å². The van der Waals surface area contributed by atoms with Crippen LogP contribution in [-0.2, 0) is 15.1 Å². The van der Waals surface area contributed by atoms with E-state index in [0.29, 0.717) is 19.6 Å². The summed E-state index contributed by atoms with van der Waals surface area (Å²) in [6.45, 7) is 6.78. The molecule has 0 bridgehead atoms. The number of aliphatic hydroxyl groups is 1. The number of nitrogens with zero attached hydrogens (tertiary/aromatic N) is 1. The van der Waals surface area contributed by atoms with Crippen molar-refractivity contribution >= 4 is 5.97 Å². The number of rotatable bonds is 12. The fourth-order valence-electron chi connectivity index (χ4n) is 4.23. The molecular formula is C24H39NO4. The first-order valence-corrected chi connectivity index (χ1v) is 11.3. The van der Waals surface area contributed by atoms with Gasteiger partial charge in [-0.2, -0.15) is 0 Å². The van der Waals surface area contributed by atoms with Crippen molar-refractivity contribution in [3.63, 3.8) is 0 Å². The molecule has 1 aromatic carbocycles. The van der Waals surface area contributed by atoms with Crippen molar-refractivity contribution < 1.29 is 19.4 Å². The van der Waals surface area contributed by atoms with Crippen LogP contribution in [0.25, 0.3) is 0 Å². The molecule has 164 valence electrons. The average molecular weight is 406 g/mol. The molecule has 1 saturated carbocycles. The van der Waals surface area contributed by atoms with Crippen molar-refractivity contribution in [2.45, 2.75) is 70.8 Å². The summed E-state index contributed by atoms with van der Waals surface area (Å²) in [5, 5.41) is 11.7. The zero-order chi connectivity index (χ0) is 21.1. The lowest BCUT2D eigenvalue weighted by Crippen LogP contribution is -2.44. The molecule has 0 radical (unpaired) electrons. The molecule has 1 fully saturated rings. The Bertz CT molecular complexity index is 621. The average Bonchev–Trinajstić information content (AvgIpc) is 2.70. The van der Waals surface area contributed by atoms with Gasteiger partial charge in [-0.15, -0.1) is 0 Å². The predicted molar refractivity (Wildman–Crippen MR) is 116 cm³/mol. The van der Waals surface area contributed by atoms with Crippen LogP contribution in [0.15, 0.2) is 24.3 Å². The van der Waals surface area contributed by atoms with Crippen molar-refractivity contribution in [2.24, 2.45) is 5.92 Å². The third kappa shape index (κ3) is 7.31. The van der Waals surface area contributed by atoms with Crippen LogP contribution in [0.3, 0.4) is 0 Å². The fraction of sp³-hybridized carbons (Fsp3) is 0.708. The van der Waals surface area contributed by atoms with E-state index in [0.717, 1.165) is 69.3 Å². The molecule has 0 aliphatic heterocycles. The Labute approximate surface area is 176 Å². The molecule has 2 rings (SSSR count). The molecule has 2 unspecified atom stereocenters. The summed E-state index contributed by atoms with van der Waals surface area (Å²) >= 11 is 0. The van der Waals surface area contributed by atoms with Gasteiger partial charge in [0, 0.05) is 18.9 Å². The van der Waals surface area contributed by atoms with E-state index in [9.17, 15) is 9.90 Å². The zero-order valence-corrected chi connectivity index (χ0v) is 18.5. The van der Waals surface area contributed by atoms with Gasteiger partial charge in [-0.1, -0.05) is 38.3 Å². The van der Waals surface area contributed by atoms with Crippen LogP contribution >= 0.6 is 0 Å². The van der Waals surface area contributed by atoms with Gasteiger partial charge in [-0.25, -0.2) is 0 Å². The highest BCUT2D eigenvalue weighted by Crippen LogP contribution is 2.42. The standard InChI is InChI=1S/C24H39NO4/c1-4-6-17-29-22-13-9-12-20(18-22)24(27)15-8-7-11-21(24)19-25(3)16-10-14-23(26)28-5-2/h9,12-13,18,21,27H,4-8,10-11,14-17,19H2,1-3H3. The Hall–Kier alpha value is -1.59. The van der Waals surface area contributed by atoms with Crippen molar-refractivity contribution in [1.29, 1.82) is 0 Å². The molecule has 1 aliphatic carbocycles. The van der Waals surface area contributed by atoms with E-state index in [-0.39, 0.29) is 11.9 Å². The van der Waals surface area contributed by atoms with Crippen LogP contribution in [0.5, 0.6) is 5.75 Å². The minimum absolute atomic E-state index is 0.130. The van der Waals surface area contributed by atoms with Crippen molar-refractivity contribution in [3.05, 3.63) is 29.8 Å². The van der Waals surface area contributed by atoms with E-state index in [4.69, 9.17) is 9.47 Å². The number of ether oxygens (including phenoxy) is 2. The molecule has 1 aliphatic rings. The molecule has 1 N–H and O–H groups in total. The summed E-state index contributed by atoms with van der Waals surface area (Å²) in [7, 11) is 2.07. The minimum Gasteiger partial charge on any atom is -0.494 e. The van der Waals surface area contributed by atoms with E-state index in [2.05, 4.69) is 18.9 Å². The first kappa shape index (κ1) is 23.7. The largest absolute Gasteiger partial charge is 0.494 e. The SMILES string of the molecule is CCCCOc1cccc(C2(O)CCCCC2CN(C)CCCC(=O)OCC)c1. The summed E-state index contributed by atoms with van der Waals surface area (Å²) in [6.07, 6.45) is 7.36. The Morgan fingerprint density at radius 3 is 2.86 bits per heavy atom. The molecule has 2 atom stereocenters. The molecule has 0 spiro atoms. The molecule has 1 aromatic rings. The summed E-state index contributed by atoms with van der Waals surface area (Å²) in [4.78, 5) is 13.8. The first-order valence-electron chi connectivity index (χ1n) is 11.3. The second kappa shape index (κ2) is 12.2. The van der Waals surface area contributed by atoms with Gasteiger partial charge in [0.2, 0.25) is 0 Å². The summed E-state index contributed by atoms with van der Waals surface area (Å²) in [6, 6.07) is 8.02. The number of hydrogen-bond acceptors (Lipinski definition) is 5. The van der Waals surface area contributed by atoms with E-state index in [1.807, 2.05) is 31.2 Å². The smallest absolute Gasteiger partial charge is 0.305 e. The Kier molecular flexibility index (Phi) is 9.95. The predicted octanol–water partition coefficient (Wildman–Crippen LogP) is 4.52. The third-order valence-electron chi connectivity index (χ3n) is 5.89. The Morgan fingerprint density at radius 1 is 1.28 bits per heavy atom. The molecule has 5 heteroatoms. The molecule has 0 saturated heterocycles. The van der Waals surface area contributed by atoms with Gasteiger partial charge < -0.3 is 19.5 Å². The molecule has 0 aromatic heterocycles. The van der Waals surface area contributed by atoms with Crippen LogP contribution in [0.2, 0.25) is 0 Å². The van der Waals surface area contributed by atoms with Gasteiger partial charge in [0.05, 0.1) is 18.8 Å². The lowest BCUT2D eigenvalue weighted by atomic mass is 9.71. The summed E-state index contributed by atoms with van der Waals surface area (Å²) in [5.41, 5.74) is 0.147. The van der Waals surface area contributed by atoms with Gasteiger partial charge >= 0.3 is 5.97 Å². The second-order valence-corrected chi connectivity index (χ2v) is 8.27. The fourth-order valence-corrected chi connectivity index (χ4v) is 4.23. The van der Waals surface area contributed by atoms with Gasteiger partial charge in [-0.3, -0.25) is 4.79 Å². The maximum absolute atomic E-state index is 11.7. The van der Waals surface area contributed by atoms with E-state index in [1.54, 1.807) is 0 Å². The number of benzene rings is 1. The van der Waals surface area contributed by atoms with Gasteiger partial charge in [-0.05, 0) is 63.9 Å². The van der Waals surface area contributed by atoms with Crippen LogP contribution < -0.4 is 4.74 Å². The number of unbranched alkanes of at least 4 members (excludes halogenated alkanes) is 1. The minimum atomic E-state index is -0.822. The molecule has 0 amide bonds. The highest BCUT2D eigenvalue weighted by atomic mass is 16.5. The maximum Gasteiger partial charge on any atom is 0.305 e. The van der Waals surface area contributed by atoms with Crippen molar-refractivity contribution in [2.75, 3.05) is 33.4 Å². The number of esters is 1. The number of hydrogen-bond donors (Lipinski definition) is 1. The lowest BCUT2D eigenvalue weighted by molar-refractivity contribution is -0.143. The Morgan fingerprint density at radius 2 is 2.10 bits per heavy atom. The molecule has 29 heavy (non-hydrogen) atoms. The zero-order valence-electron chi connectivity index (χ0n) is 18.5. The monoisotopic (exact) mass is 405 g/mol. The molecule has 5 nitrogen and oxygen atoms in total. The lowest BCUT2D eigenvalue weighted by Gasteiger charge is -2.42. The number of carbonyl (C=O) groups is 1. The van der Waals surface area contributed by atoms with Gasteiger partial charge in [0.25, 0.3) is 0 Å². The van der Waals surface area contributed by atoms with Crippen LogP contribution in [0.4, 0.5) is 0 Å². The number of carbonyl (C=O) groups excluding carboxylic acids is 1.